The molecule has 1 aliphatic rings. The maximum absolute atomic E-state index is 13.4. The van der Waals surface area contributed by atoms with Crippen molar-refractivity contribution in [2.75, 3.05) is 6.54 Å². The maximum atomic E-state index is 13.4. The summed E-state index contributed by atoms with van der Waals surface area (Å²) in [5.41, 5.74) is 6.65. The van der Waals surface area contributed by atoms with E-state index in [9.17, 15) is 4.39 Å². The molecule has 2 N–H and O–H groups in total. The maximum Gasteiger partial charge on any atom is 0.126 e. The first-order chi connectivity index (χ1) is 6.65. The molecule has 0 unspecified atom stereocenters. The summed E-state index contributed by atoms with van der Waals surface area (Å²) in [6, 6.07) is 5.08. The van der Waals surface area contributed by atoms with Gasteiger partial charge >= 0.3 is 0 Å². The van der Waals surface area contributed by atoms with Crippen molar-refractivity contribution in [2.45, 2.75) is 19.3 Å². The summed E-state index contributed by atoms with van der Waals surface area (Å²) in [7, 11) is 0. The van der Waals surface area contributed by atoms with Crippen molar-refractivity contribution in [1.82, 2.24) is 0 Å². The van der Waals surface area contributed by atoms with Gasteiger partial charge in [0.1, 0.15) is 5.82 Å². The van der Waals surface area contributed by atoms with Gasteiger partial charge in [-0.25, -0.2) is 4.39 Å². The lowest BCUT2D eigenvalue weighted by molar-refractivity contribution is 0.500. The van der Waals surface area contributed by atoms with Crippen LogP contribution >= 0.6 is 15.9 Å². The van der Waals surface area contributed by atoms with Gasteiger partial charge in [-0.15, -0.1) is 0 Å². The fraction of sp³-hybridized carbons (Fsp3) is 0.455. The summed E-state index contributed by atoms with van der Waals surface area (Å²) in [6.07, 6.45) is 3.04. The predicted molar refractivity (Wildman–Crippen MR) is 58.5 cm³/mol. The normalized spacial score (nSPS) is 18.2. The molecule has 76 valence electrons. The average molecular weight is 258 g/mol. The van der Waals surface area contributed by atoms with Crippen LogP contribution in [0.25, 0.3) is 0 Å². The van der Waals surface area contributed by atoms with Gasteiger partial charge in [-0.1, -0.05) is 15.9 Å². The molecule has 2 rings (SSSR count). The minimum Gasteiger partial charge on any atom is -0.330 e. The summed E-state index contributed by atoms with van der Waals surface area (Å²) in [5, 5.41) is 0. The largest absolute Gasteiger partial charge is 0.330 e. The van der Waals surface area contributed by atoms with Crippen molar-refractivity contribution in [3.05, 3.63) is 34.1 Å². The fourth-order valence-electron chi connectivity index (χ4n) is 1.71. The van der Waals surface area contributed by atoms with E-state index < -0.39 is 0 Å². The molecule has 0 saturated heterocycles. The molecule has 14 heavy (non-hydrogen) atoms. The van der Waals surface area contributed by atoms with Crippen LogP contribution in [0.5, 0.6) is 0 Å². The Morgan fingerprint density at radius 3 is 2.71 bits per heavy atom. The molecular formula is C11H13BrFN. The summed E-state index contributed by atoms with van der Waals surface area (Å²) in [6.45, 7) is 0.666. The van der Waals surface area contributed by atoms with E-state index in [0.29, 0.717) is 6.54 Å². The van der Waals surface area contributed by atoms with Gasteiger partial charge in [-0.3, -0.25) is 0 Å². The van der Waals surface area contributed by atoms with Gasteiger partial charge in [0.15, 0.2) is 0 Å². The average Bonchev–Trinajstić information content (AvgIpc) is 2.92. The first-order valence-electron chi connectivity index (χ1n) is 4.79. The number of halogens is 2. The van der Waals surface area contributed by atoms with Gasteiger partial charge in [-0.05, 0) is 55.0 Å². The summed E-state index contributed by atoms with van der Waals surface area (Å²) < 4.78 is 14.3. The van der Waals surface area contributed by atoms with Crippen LogP contribution in [0.3, 0.4) is 0 Å². The molecule has 1 aromatic rings. The Kier molecular flexibility index (Phi) is 2.62. The molecule has 0 bridgehead atoms. The summed E-state index contributed by atoms with van der Waals surface area (Å²) in [4.78, 5) is 0. The molecule has 0 atom stereocenters. The highest BCUT2D eigenvalue weighted by molar-refractivity contribution is 9.10. The molecule has 0 amide bonds. The Morgan fingerprint density at radius 2 is 2.14 bits per heavy atom. The molecule has 1 nitrogen and oxygen atoms in total. The number of hydrogen-bond acceptors (Lipinski definition) is 1. The minimum absolute atomic E-state index is 0.118. The second-order valence-electron chi connectivity index (χ2n) is 4.12. The predicted octanol–water partition coefficient (Wildman–Crippen LogP) is 2.87. The highest BCUT2D eigenvalue weighted by atomic mass is 79.9. The molecule has 0 aliphatic heterocycles. The van der Waals surface area contributed by atoms with Crippen LogP contribution in [0.4, 0.5) is 4.39 Å². The van der Waals surface area contributed by atoms with Crippen LogP contribution in [0, 0.1) is 11.2 Å². The van der Waals surface area contributed by atoms with Gasteiger partial charge in [0, 0.05) is 4.47 Å². The zero-order chi connectivity index (χ0) is 10.2. The van der Waals surface area contributed by atoms with Crippen molar-refractivity contribution < 1.29 is 4.39 Å². The molecule has 1 aliphatic carbocycles. The minimum atomic E-state index is -0.118. The van der Waals surface area contributed by atoms with E-state index in [4.69, 9.17) is 5.73 Å². The Morgan fingerprint density at radius 1 is 1.43 bits per heavy atom. The number of nitrogens with two attached hydrogens (primary N) is 1. The first kappa shape index (κ1) is 10.1. The van der Waals surface area contributed by atoms with Gasteiger partial charge in [0.05, 0.1) is 0 Å². The third kappa shape index (κ3) is 1.98. The van der Waals surface area contributed by atoms with E-state index in [1.54, 1.807) is 6.07 Å². The van der Waals surface area contributed by atoms with Crippen LogP contribution in [0.1, 0.15) is 18.4 Å². The quantitative estimate of drug-likeness (QED) is 0.886. The van der Waals surface area contributed by atoms with Crippen molar-refractivity contribution in [1.29, 1.82) is 0 Å². The topological polar surface area (TPSA) is 26.0 Å². The van der Waals surface area contributed by atoms with Crippen LogP contribution in [0.2, 0.25) is 0 Å². The highest BCUT2D eigenvalue weighted by Crippen LogP contribution is 2.47. The van der Waals surface area contributed by atoms with Crippen LogP contribution in [0.15, 0.2) is 22.7 Å². The van der Waals surface area contributed by atoms with Crippen LogP contribution in [-0.2, 0) is 6.42 Å². The van der Waals surface area contributed by atoms with Crippen LogP contribution in [-0.4, -0.2) is 6.54 Å². The Bertz CT molecular complexity index is 347. The van der Waals surface area contributed by atoms with Crippen molar-refractivity contribution >= 4 is 15.9 Å². The van der Waals surface area contributed by atoms with E-state index in [2.05, 4.69) is 15.9 Å². The van der Waals surface area contributed by atoms with E-state index in [-0.39, 0.29) is 11.2 Å². The SMILES string of the molecule is NCC1(Cc2cc(Br)ccc2F)CC1. The Balaban J connectivity index is 2.20. The van der Waals surface area contributed by atoms with Crippen molar-refractivity contribution in [3.63, 3.8) is 0 Å². The third-order valence-corrected chi connectivity index (χ3v) is 3.46. The standard InChI is InChI=1S/C11H13BrFN/c12-9-1-2-10(13)8(5-9)6-11(7-14)3-4-11/h1-2,5H,3-4,6-7,14H2. The lowest BCUT2D eigenvalue weighted by Gasteiger charge is -2.12. The second-order valence-corrected chi connectivity index (χ2v) is 5.03. The fourth-order valence-corrected chi connectivity index (χ4v) is 2.12. The zero-order valence-corrected chi connectivity index (χ0v) is 9.48. The molecule has 0 spiro atoms. The summed E-state index contributed by atoms with van der Waals surface area (Å²) >= 11 is 3.35. The molecule has 0 aromatic heterocycles. The third-order valence-electron chi connectivity index (χ3n) is 2.96. The monoisotopic (exact) mass is 257 g/mol. The Labute approximate surface area is 91.6 Å². The van der Waals surface area contributed by atoms with E-state index >= 15 is 0 Å². The number of hydrogen-bond donors (Lipinski definition) is 1. The lowest BCUT2D eigenvalue weighted by atomic mass is 9.96. The number of rotatable bonds is 3. The molecule has 0 radical (unpaired) electrons. The van der Waals surface area contributed by atoms with E-state index in [1.165, 1.54) is 6.07 Å². The number of benzene rings is 1. The van der Waals surface area contributed by atoms with E-state index in [0.717, 1.165) is 29.3 Å². The smallest absolute Gasteiger partial charge is 0.126 e. The van der Waals surface area contributed by atoms with E-state index in [1.807, 2.05) is 6.07 Å². The van der Waals surface area contributed by atoms with Gasteiger partial charge in [0.25, 0.3) is 0 Å². The molecular weight excluding hydrogens is 245 g/mol. The van der Waals surface area contributed by atoms with Gasteiger partial charge in [-0.2, -0.15) is 0 Å². The van der Waals surface area contributed by atoms with Gasteiger partial charge < -0.3 is 5.73 Å². The van der Waals surface area contributed by atoms with Crippen molar-refractivity contribution in [2.24, 2.45) is 11.1 Å². The first-order valence-corrected chi connectivity index (χ1v) is 5.59. The van der Waals surface area contributed by atoms with Crippen molar-refractivity contribution in [3.8, 4) is 0 Å². The zero-order valence-electron chi connectivity index (χ0n) is 7.89. The highest BCUT2D eigenvalue weighted by Gasteiger charge is 2.41. The second kappa shape index (κ2) is 3.63. The van der Waals surface area contributed by atoms with Crippen LogP contribution < -0.4 is 5.73 Å². The molecule has 1 fully saturated rings. The lowest BCUT2D eigenvalue weighted by Crippen LogP contribution is -2.18. The molecule has 0 heterocycles. The Hall–Kier alpha value is -0.410. The molecule has 3 heteroatoms. The molecule has 1 aromatic carbocycles. The van der Waals surface area contributed by atoms with Gasteiger partial charge in [0.2, 0.25) is 0 Å². The molecule has 1 saturated carbocycles. The summed E-state index contributed by atoms with van der Waals surface area (Å²) in [5.74, 6) is -0.118.